The summed E-state index contributed by atoms with van der Waals surface area (Å²) in [4.78, 5) is 26.1. The molecule has 3 rings (SSSR count). The van der Waals surface area contributed by atoms with Gasteiger partial charge in [0.15, 0.2) is 0 Å². The Morgan fingerprint density at radius 1 is 1.21 bits per heavy atom. The topological polar surface area (TPSA) is 61.4 Å². The molecular weight excluding hydrogens is 309 g/mol. The van der Waals surface area contributed by atoms with Crippen LogP contribution in [0.15, 0.2) is 24.3 Å². The highest BCUT2D eigenvalue weighted by Gasteiger charge is 2.26. The van der Waals surface area contributed by atoms with Crippen LogP contribution in [0.25, 0.3) is 0 Å². The van der Waals surface area contributed by atoms with E-state index in [1.165, 1.54) is 12.1 Å². The van der Waals surface area contributed by atoms with Gasteiger partial charge in [0.25, 0.3) is 5.91 Å². The molecule has 0 bridgehead atoms. The standard InChI is InChI=1S/C18H24FN3O2/c19-16-6-2-1-5-15(16)18(24)22-10-7-13(8-11-22)21-17(23)12-14-4-3-9-20-14/h1-2,5-6,13-14,20H,3-4,7-12H2,(H,21,23). The summed E-state index contributed by atoms with van der Waals surface area (Å²) in [7, 11) is 0. The highest BCUT2D eigenvalue weighted by Crippen LogP contribution is 2.16. The third-order valence-electron chi connectivity index (χ3n) is 4.85. The number of nitrogens with zero attached hydrogens (tertiary/aromatic N) is 1. The fourth-order valence-corrected chi connectivity index (χ4v) is 3.47. The number of piperidine rings is 1. The number of nitrogens with one attached hydrogen (secondary N) is 2. The van der Waals surface area contributed by atoms with Crippen molar-refractivity contribution in [3.05, 3.63) is 35.6 Å². The van der Waals surface area contributed by atoms with Gasteiger partial charge in [0, 0.05) is 31.6 Å². The number of rotatable bonds is 4. The summed E-state index contributed by atoms with van der Waals surface area (Å²) in [6.45, 7) is 2.08. The Balaban J connectivity index is 1.46. The van der Waals surface area contributed by atoms with Crippen LogP contribution >= 0.6 is 0 Å². The molecule has 2 saturated heterocycles. The first kappa shape index (κ1) is 16.9. The van der Waals surface area contributed by atoms with E-state index in [0.717, 1.165) is 19.4 Å². The summed E-state index contributed by atoms with van der Waals surface area (Å²) >= 11 is 0. The number of hydrogen-bond acceptors (Lipinski definition) is 3. The predicted octanol–water partition coefficient (Wildman–Crippen LogP) is 1.69. The largest absolute Gasteiger partial charge is 0.353 e. The van der Waals surface area contributed by atoms with Gasteiger partial charge in [0.05, 0.1) is 5.56 Å². The zero-order chi connectivity index (χ0) is 16.9. The van der Waals surface area contributed by atoms with Gasteiger partial charge in [-0.2, -0.15) is 0 Å². The van der Waals surface area contributed by atoms with Crippen molar-refractivity contribution in [1.82, 2.24) is 15.5 Å². The second-order valence-electron chi connectivity index (χ2n) is 6.61. The number of amides is 2. The second-order valence-corrected chi connectivity index (χ2v) is 6.61. The van der Waals surface area contributed by atoms with Crippen molar-refractivity contribution in [2.75, 3.05) is 19.6 Å². The second kappa shape index (κ2) is 7.75. The van der Waals surface area contributed by atoms with Crippen LogP contribution in [0, 0.1) is 5.82 Å². The maximum atomic E-state index is 13.7. The number of benzene rings is 1. The van der Waals surface area contributed by atoms with E-state index in [0.29, 0.717) is 38.4 Å². The molecule has 0 aliphatic carbocycles. The van der Waals surface area contributed by atoms with Crippen LogP contribution in [0.5, 0.6) is 0 Å². The van der Waals surface area contributed by atoms with Crippen molar-refractivity contribution in [1.29, 1.82) is 0 Å². The average molecular weight is 333 g/mol. The Bertz CT molecular complexity index is 594. The quantitative estimate of drug-likeness (QED) is 0.881. The van der Waals surface area contributed by atoms with Crippen LogP contribution in [-0.2, 0) is 4.79 Å². The van der Waals surface area contributed by atoms with Gasteiger partial charge in [-0.1, -0.05) is 12.1 Å². The molecule has 130 valence electrons. The van der Waals surface area contributed by atoms with Crippen molar-refractivity contribution in [2.24, 2.45) is 0 Å². The normalized spacial score (nSPS) is 21.7. The van der Waals surface area contributed by atoms with Crippen LogP contribution in [0.3, 0.4) is 0 Å². The van der Waals surface area contributed by atoms with Gasteiger partial charge in [-0.05, 0) is 44.4 Å². The summed E-state index contributed by atoms with van der Waals surface area (Å²) in [5, 5.41) is 6.39. The molecule has 5 nitrogen and oxygen atoms in total. The van der Waals surface area contributed by atoms with E-state index in [1.807, 2.05) is 0 Å². The molecule has 2 N–H and O–H groups in total. The van der Waals surface area contributed by atoms with E-state index in [-0.39, 0.29) is 23.4 Å². The minimum Gasteiger partial charge on any atom is -0.353 e. The van der Waals surface area contributed by atoms with E-state index in [4.69, 9.17) is 0 Å². The zero-order valence-corrected chi connectivity index (χ0v) is 13.8. The maximum absolute atomic E-state index is 13.7. The fraction of sp³-hybridized carbons (Fsp3) is 0.556. The minimum atomic E-state index is -0.484. The predicted molar refractivity (Wildman–Crippen MR) is 89.1 cm³/mol. The molecule has 2 amide bonds. The number of halogens is 1. The van der Waals surface area contributed by atoms with E-state index < -0.39 is 5.82 Å². The summed E-state index contributed by atoms with van der Waals surface area (Å²) < 4.78 is 13.7. The molecule has 1 aromatic carbocycles. The van der Waals surface area contributed by atoms with E-state index >= 15 is 0 Å². The number of hydrogen-bond donors (Lipinski definition) is 2. The fourth-order valence-electron chi connectivity index (χ4n) is 3.47. The number of carbonyl (C=O) groups is 2. The smallest absolute Gasteiger partial charge is 0.256 e. The van der Waals surface area contributed by atoms with Crippen molar-refractivity contribution in [3.8, 4) is 0 Å². The monoisotopic (exact) mass is 333 g/mol. The highest BCUT2D eigenvalue weighted by molar-refractivity contribution is 5.94. The molecule has 1 unspecified atom stereocenters. The molecule has 1 aromatic rings. The molecule has 0 saturated carbocycles. The summed E-state index contributed by atoms with van der Waals surface area (Å²) in [6, 6.07) is 6.46. The zero-order valence-electron chi connectivity index (χ0n) is 13.8. The third kappa shape index (κ3) is 4.12. The van der Waals surface area contributed by atoms with E-state index in [9.17, 15) is 14.0 Å². The molecule has 0 aromatic heterocycles. The lowest BCUT2D eigenvalue weighted by Crippen LogP contribution is -2.47. The van der Waals surface area contributed by atoms with Crippen LogP contribution < -0.4 is 10.6 Å². The van der Waals surface area contributed by atoms with E-state index in [1.54, 1.807) is 17.0 Å². The molecule has 2 aliphatic heterocycles. The van der Waals surface area contributed by atoms with Crippen molar-refractivity contribution < 1.29 is 14.0 Å². The van der Waals surface area contributed by atoms with Gasteiger partial charge >= 0.3 is 0 Å². The molecule has 2 aliphatic rings. The molecule has 1 atom stereocenters. The van der Waals surface area contributed by atoms with Crippen LogP contribution in [0.2, 0.25) is 0 Å². The van der Waals surface area contributed by atoms with Crippen LogP contribution in [0.4, 0.5) is 4.39 Å². The summed E-state index contributed by atoms with van der Waals surface area (Å²) in [5.41, 5.74) is 0.118. The molecule has 2 heterocycles. The lowest BCUT2D eigenvalue weighted by Gasteiger charge is -2.32. The van der Waals surface area contributed by atoms with E-state index in [2.05, 4.69) is 10.6 Å². The molecular formula is C18H24FN3O2. The Labute approximate surface area is 141 Å². The van der Waals surface area contributed by atoms with Crippen molar-refractivity contribution >= 4 is 11.8 Å². The number of carbonyl (C=O) groups excluding carboxylic acids is 2. The first-order valence-electron chi connectivity index (χ1n) is 8.70. The first-order chi connectivity index (χ1) is 11.6. The molecule has 0 radical (unpaired) electrons. The van der Waals surface area contributed by atoms with Gasteiger partial charge in [0.1, 0.15) is 5.82 Å². The third-order valence-corrected chi connectivity index (χ3v) is 4.85. The Morgan fingerprint density at radius 3 is 2.62 bits per heavy atom. The first-order valence-corrected chi connectivity index (χ1v) is 8.70. The van der Waals surface area contributed by atoms with Gasteiger partial charge in [-0.25, -0.2) is 4.39 Å². The van der Waals surface area contributed by atoms with Gasteiger partial charge in [-0.15, -0.1) is 0 Å². The Morgan fingerprint density at radius 2 is 1.96 bits per heavy atom. The van der Waals surface area contributed by atoms with Gasteiger partial charge in [-0.3, -0.25) is 9.59 Å². The van der Waals surface area contributed by atoms with Gasteiger partial charge in [0.2, 0.25) is 5.91 Å². The molecule has 2 fully saturated rings. The lowest BCUT2D eigenvalue weighted by molar-refractivity contribution is -0.122. The number of likely N-dealkylation sites (tertiary alicyclic amines) is 1. The highest BCUT2D eigenvalue weighted by atomic mass is 19.1. The summed E-state index contributed by atoms with van der Waals surface area (Å²) in [6.07, 6.45) is 4.14. The molecule has 6 heteroatoms. The Kier molecular flexibility index (Phi) is 5.45. The minimum absolute atomic E-state index is 0.0771. The molecule has 24 heavy (non-hydrogen) atoms. The van der Waals surface area contributed by atoms with Gasteiger partial charge < -0.3 is 15.5 Å². The lowest BCUT2D eigenvalue weighted by atomic mass is 10.0. The Hall–Kier alpha value is -1.95. The van der Waals surface area contributed by atoms with Crippen molar-refractivity contribution in [3.63, 3.8) is 0 Å². The van der Waals surface area contributed by atoms with Crippen LogP contribution in [-0.4, -0.2) is 48.4 Å². The average Bonchev–Trinajstić information content (AvgIpc) is 3.08. The van der Waals surface area contributed by atoms with Crippen molar-refractivity contribution in [2.45, 2.75) is 44.2 Å². The molecule has 0 spiro atoms. The summed E-state index contributed by atoms with van der Waals surface area (Å²) in [5.74, 6) is -0.677. The maximum Gasteiger partial charge on any atom is 0.256 e. The SMILES string of the molecule is O=C(CC1CCCN1)NC1CCN(C(=O)c2ccccc2F)CC1. The van der Waals surface area contributed by atoms with Crippen LogP contribution in [0.1, 0.15) is 42.5 Å².